The van der Waals surface area contributed by atoms with Crippen molar-refractivity contribution in [2.24, 2.45) is 5.41 Å². The lowest BCUT2D eigenvalue weighted by Crippen LogP contribution is -2.45. The first-order valence-corrected chi connectivity index (χ1v) is 14.9. The van der Waals surface area contributed by atoms with Crippen LogP contribution >= 0.6 is 11.6 Å². The van der Waals surface area contributed by atoms with Gasteiger partial charge in [-0.15, -0.1) is 5.10 Å². The maximum atomic E-state index is 12.3. The van der Waals surface area contributed by atoms with Crippen molar-refractivity contribution in [1.82, 2.24) is 25.1 Å². The van der Waals surface area contributed by atoms with Crippen molar-refractivity contribution in [1.29, 1.82) is 0 Å². The molecule has 220 valence electrons. The number of para-hydroxylation sites is 1. The van der Waals surface area contributed by atoms with Gasteiger partial charge in [0.15, 0.2) is 23.2 Å². The molecule has 1 amide bonds. The van der Waals surface area contributed by atoms with Gasteiger partial charge in [0.2, 0.25) is 0 Å². The molecule has 2 saturated heterocycles. The van der Waals surface area contributed by atoms with Gasteiger partial charge in [0.05, 0.1) is 16.9 Å². The summed E-state index contributed by atoms with van der Waals surface area (Å²) in [6.07, 6.45) is 6.02. The standard InChI is InChI=1S/C31H36ClN7O3/c1-31(21-34-30(40)42-20-22-9-3-2-4-10-22)14-16-38(17-15-31)25-19-33-27-28(35-24-12-6-5-11-23(24)32)37-39(29(27)36-25)26-13-7-8-18-41-26/h2-6,9-12,19,26H,7-8,13-18,20-21H2,1H3,(H,34,40)(H,35,37). The third kappa shape index (κ3) is 6.44. The van der Waals surface area contributed by atoms with Crippen LogP contribution in [0.15, 0.2) is 60.8 Å². The second-order valence-electron chi connectivity index (χ2n) is 11.3. The Bertz CT molecular complexity index is 1520. The quantitative estimate of drug-likeness (QED) is 0.241. The van der Waals surface area contributed by atoms with Crippen LogP contribution in [0.4, 0.5) is 22.1 Å². The van der Waals surface area contributed by atoms with Crippen molar-refractivity contribution in [3.05, 3.63) is 71.4 Å². The second kappa shape index (κ2) is 12.5. The molecule has 1 unspecified atom stereocenters. The first-order valence-electron chi connectivity index (χ1n) is 14.6. The molecule has 2 aliphatic heterocycles. The highest BCUT2D eigenvalue weighted by Crippen LogP contribution is 2.35. The van der Waals surface area contributed by atoms with E-state index < -0.39 is 6.09 Å². The predicted molar refractivity (Wildman–Crippen MR) is 163 cm³/mol. The lowest BCUT2D eigenvalue weighted by atomic mass is 9.80. The van der Waals surface area contributed by atoms with Gasteiger partial charge in [-0.25, -0.2) is 19.4 Å². The molecule has 10 nitrogen and oxygen atoms in total. The Hall–Kier alpha value is -3.89. The first-order chi connectivity index (χ1) is 20.5. The number of carbonyl (C=O) groups is 1. The molecule has 2 aromatic heterocycles. The van der Waals surface area contributed by atoms with E-state index in [-0.39, 0.29) is 18.2 Å². The van der Waals surface area contributed by atoms with E-state index in [4.69, 9.17) is 36.1 Å². The molecule has 42 heavy (non-hydrogen) atoms. The van der Waals surface area contributed by atoms with E-state index >= 15 is 0 Å². The highest BCUT2D eigenvalue weighted by molar-refractivity contribution is 6.33. The number of fused-ring (bicyclic) bond motifs is 1. The number of anilines is 3. The summed E-state index contributed by atoms with van der Waals surface area (Å²) in [4.78, 5) is 24.4. The first kappa shape index (κ1) is 28.2. The molecule has 2 aromatic carbocycles. The molecular weight excluding hydrogens is 554 g/mol. The summed E-state index contributed by atoms with van der Waals surface area (Å²) < 4.78 is 13.3. The summed E-state index contributed by atoms with van der Waals surface area (Å²) in [7, 11) is 0. The molecule has 0 radical (unpaired) electrons. The van der Waals surface area contributed by atoms with Crippen LogP contribution in [-0.4, -0.2) is 52.1 Å². The number of nitrogens with zero attached hydrogens (tertiary/aromatic N) is 5. The largest absolute Gasteiger partial charge is 0.445 e. The molecule has 4 heterocycles. The topological polar surface area (TPSA) is 106 Å². The number of nitrogens with one attached hydrogen (secondary N) is 2. The summed E-state index contributed by atoms with van der Waals surface area (Å²) in [5.74, 6) is 1.41. The van der Waals surface area contributed by atoms with Crippen LogP contribution in [0.5, 0.6) is 0 Å². The van der Waals surface area contributed by atoms with Crippen LogP contribution in [0.1, 0.15) is 50.8 Å². The zero-order chi connectivity index (χ0) is 28.9. The van der Waals surface area contributed by atoms with E-state index in [1.807, 2.05) is 65.5 Å². The van der Waals surface area contributed by atoms with Gasteiger partial charge in [-0.1, -0.05) is 61.0 Å². The minimum absolute atomic E-state index is 0.0381. The summed E-state index contributed by atoms with van der Waals surface area (Å²) in [5.41, 5.74) is 3.05. The zero-order valence-corrected chi connectivity index (χ0v) is 24.5. The monoisotopic (exact) mass is 589 g/mol. The third-order valence-corrected chi connectivity index (χ3v) is 8.44. The molecule has 2 N–H and O–H groups in total. The molecule has 11 heteroatoms. The van der Waals surface area contributed by atoms with E-state index in [1.165, 1.54) is 0 Å². The molecule has 2 fully saturated rings. The highest BCUT2D eigenvalue weighted by atomic mass is 35.5. The van der Waals surface area contributed by atoms with E-state index in [1.54, 1.807) is 0 Å². The number of rotatable bonds is 8. The van der Waals surface area contributed by atoms with Gasteiger partial charge in [-0.3, -0.25) is 0 Å². The smallest absolute Gasteiger partial charge is 0.407 e. The summed E-state index contributed by atoms with van der Waals surface area (Å²) in [6.45, 7) is 5.33. The van der Waals surface area contributed by atoms with Gasteiger partial charge < -0.3 is 25.0 Å². The maximum absolute atomic E-state index is 12.3. The molecule has 0 saturated carbocycles. The number of piperidine rings is 1. The van der Waals surface area contributed by atoms with E-state index in [2.05, 4.69) is 22.5 Å². The Morgan fingerprint density at radius 3 is 2.67 bits per heavy atom. The fourth-order valence-corrected chi connectivity index (χ4v) is 5.64. The van der Waals surface area contributed by atoms with Gasteiger partial charge >= 0.3 is 6.09 Å². The van der Waals surface area contributed by atoms with Gasteiger partial charge in [-0.2, -0.15) is 0 Å². The summed E-state index contributed by atoms with van der Waals surface area (Å²) in [6, 6.07) is 17.3. The lowest BCUT2D eigenvalue weighted by molar-refractivity contribution is -0.0368. The minimum Gasteiger partial charge on any atom is -0.445 e. The summed E-state index contributed by atoms with van der Waals surface area (Å²) >= 11 is 6.42. The van der Waals surface area contributed by atoms with Crippen LogP contribution in [0.3, 0.4) is 0 Å². The number of hydrogen-bond acceptors (Lipinski definition) is 8. The second-order valence-corrected chi connectivity index (χ2v) is 11.7. The minimum atomic E-state index is -0.391. The van der Waals surface area contributed by atoms with Gasteiger partial charge in [-0.05, 0) is 55.2 Å². The molecule has 2 aliphatic rings. The molecule has 0 aliphatic carbocycles. The zero-order valence-electron chi connectivity index (χ0n) is 23.8. The molecular formula is C31H36ClN7O3. The van der Waals surface area contributed by atoms with Crippen molar-refractivity contribution < 1.29 is 14.3 Å². The van der Waals surface area contributed by atoms with Crippen LogP contribution in [0, 0.1) is 5.41 Å². The Kier molecular flexibility index (Phi) is 8.43. The van der Waals surface area contributed by atoms with Crippen molar-refractivity contribution >= 4 is 46.2 Å². The SMILES string of the molecule is CC1(CNC(=O)OCc2ccccc2)CCN(c2cnc3c(Nc4ccccc4Cl)nn(C4CCCCO4)c3n2)CC1. The number of alkyl carbamates (subject to hydrolysis) is 1. The highest BCUT2D eigenvalue weighted by Gasteiger charge is 2.32. The Balaban J connectivity index is 1.13. The van der Waals surface area contributed by atoms with E-state index in [0.29, 0.717) is 35.2 Å². The maximum Gasteiger partial charge on any atom is 0.407 e. The average Bonchev–Trinajstić information content (AvgIpc) is 3.39. The number of hydrogen-bond donors (Lipinski definition) is 2. The summed E-state index contributed by atoms with van der Waals surface area (Å²) in [5, 5.41) is 11.8. The molecule has 4 aromatic rings. The molecule has 1 atom stereocenters. The fraction of sp³-hybridized carbons (Fsp3) is 0.419. The number of halogens is 1. The number of ether oxygens (including phenoxy) is 2. The van der Waals surface area contributed by atoms with Crippen molar-refractivity contribution in [3.63, 3.8) is 0 Å². The fourth-order valence-electron chi connectivity index (χ4n) is 5.46. The van der Waals surface area contributed by atoms with Crippen molar-refractivity contribution in [2.45, 2.75) is 51.9 Å². The molecule has 6 rings (SSSR count). The van der Waals surface area contributed by atoms with Gasteiger partial charge in [0, 0.05) is 26.2 Å². The van der Waals surface area contributed by atoms with Crippen molar-refractivity contribution in [2.75, 3.05) is 36.5 Å². The van der Waals surface area contributed by atoms with E-state index in [0.717, 1.165) is 62.3 Å². The number of amides is 1. The van der Waals surface area contributed by atoms with Crippen LogP contribution in [0.2, 0.25) is 5.02 Å². The van der Waals surface area contributed by atoms with Gasteiger partial charge in [0.1, 0.15) is 12.4 Å². The Labute approximate surface area is 250 Å². The Morgan fingerprint density at radius 1 is 1.12 bits per heavy atom. The average molecular weight is 590 g/mol. The third-order valence-electron chi connectivity index (χ3n) is 8.11. The normalized spacial score (nSPS) is 18.5. The Morgan fingerprint density at radius 2 is 1.90 bits per heavy atom. The van der Waals surface area contributed by atoms with Gasteiger partial charge in [0.25, 0.3) is 0 Å². The number of carbonyl (C=O) groups excluding carboxylic acids is 1. The van der Waals surface area contributed by atoms with Crippen LogP contribution in [-0.2, 0) is 16.1 Å². The van der Waals surface area contributed by atoms with Crippen molar-refractivity contribution in [3.8, 4) is 0 Å². The van der Waals surface area contributed by atoms with Crippen LogP contribution in [0.25, 0.3) is 11.2 Å². The number of aromatic nitrogens is 4. The molecule has 0 spiro atoms. The van der Waals surface area contributed by atoms with Crippen LogP contribution < -0.4 is 15.5 Å². The predicted octanol–water partition coefficient (Wildman–Crippen LogP) is 6.46. The van der Waals surface area contributed by atoms with E-state index in [9.17, 15) is 4.79 Å². The lowest BCUT2D eigenvalue weighted by Gasteiger charge is -2.39. The number of benzene rings is 2. The molecule has 0 bridgehead atoms.